The number of hydrogen-bond acceptors (Lipinski definition) is 4. The van der Waals surface area contributed by atoms with Gasteiger partial charge in [-0.25, -0.2) is 0 Å². The molecule has 2 N–H and O–H groups in total. The number of rotatable bonds is 6. The molecule has 5 heteroatoms. The van der Waals surface area contributed by atoms with E-state index in [0.717, 1.165) is 30.1 Å². The van der Waals surface area contributed by atoms with Gasteiger partial charge in [-0.15, -0.1) is 0 Å². The van der Waals surface area contributed by atoms with Crippen LogP contribution >= 0.6 is 0 Å². The van der Waals surface area contributed by atoms with Crippen molar-refractivity contribution in [3.63, 3.8) is 0 Å². The normalized spacial score (nSPS) is 32.3. The Morgan fingerprint density at radius 3 is 2.47 bits per heavy atom. The molecule has 2 aromatic carbocycles. The highest BCUT2D eigenvalue weighted by molar-refractivity contribution is 6.47. The Morgan fingerprint density at radius 2 is 1.77 bits per heavy atom. The predicted molar refractivity (Wildman–Crippen MR) is 119 cm³/mol. The lowest BCUT2D eigenvalue weighted by atomic mass is 9.43. The Hall–Kier alpha value is -1.82. The first-order valence-electron chi connectivity index (χ1n) is 11.2. The molecular formula is C25H32BNO3. The van der Waals surface area contributed by atoms with Crippen molar-refractivity contribution in [1.29, 1.82) is 0 Å². The maximum Gasteiger partial charge on any atom is 0.475 e. The molecule has 0 amide bonds. The van der Waals surface area contributed by atoms with Gasteiger partial charge in [-0.05, 0) is 66.7 Å². The van der Waals surface area contributed by atoms with E-state index in [-0.39, 0.29) is 24.8 Å². The fourth-order valence-corrected chi connectivity index (χ4v) is 5.91. The van der Waals surface area contributed by atoms with Gasteiger partial charge in [0.25, 0.3) is 0 Å². The second kappa shape index (κ2) is 7.40. The van der Waals surface area contributed by atoms with Crippen LogP contribution in [0, 0.1) is 17.3 Å². The standard InChI is InChI=1S/C25H32BNO3/c1-24(2)19-14-21(24)25(3)22(15-19)29-26(30-25)23(27)13-17-9-11-20(12-10-17)28-16-18-7-5-4-6-8-18/h4-12,19,21-23H,13-16,27H2,1-3H3/t19-,21-,22+,23-,25-/m0/s1. The molecule has 30 heavy (non-hydrogen) atoms. The van der Waals surface area contributed by atoms with E-state index < -0.39 is 0 Å². The van der Waals surface area contributed by atoms with E-state index in [1.807, 2.05) is 30.3 Å². The van der Waals surface area contributed by atoms with Gasteiger partial charge in [-0.1, -0.05) is 56.3 Å². The summed E-state index contributed by atoms with van der Waals surface area (Å²) < 4.78 is 18.7. The van der Waals surface area contributed by atoms with Crippen molar-refractivity contribution < 1.29 is 14.0 Å². The van der Waals surface area contributed by atoms with Gasteiger partial charge in [0.05, 0.1) is 11.7 Å². The number of nitrogens with two attached hydrogens (primary N) is 1. The molecule has 1 aliphatic heterocycles. The summed E-state index contributed by atoms with van der Waals surface area (Å²) in [7, 11) is -0.329. The third-order valence-electron chi connectivity index (χ3n) is 7.96. The monoisotopic (exact) mass is 405 g/mol. The van der Waals surface area contributed by atoms with Crippen LogP contribution in [0.3, 0.4) is 0 Å². The lowest BCUT2D eigenvalue weighted by molar-refractivity contribution is -0.199. The molecule has 158 valence electrons. The van der Waals surface area contributed by atoms with Crippen molar-refractivity contribution >= 4 is 7.12 Å². The highest BCUT2D eigenvalue weighted by Crippen LogP contribution is 2.65. The third kappa shape index (κ3) is 3.37. The summed E-state index contributed by atoms with van der Waals surface area (Å²) in [6.07, 6.45) is 3.26. The summed E-state index contributed by atoms with van der Waals surface area (Å²) in [4.78, 5) is 0. The van der Waals surface area contributed by atoms with Crippen LogP contribution in [0.15, 0.2) is 54.6 Å². The second-order valence-electron chi connectivity index (χ2n) is 10.1. The minimum atomic E-state index is -0.329. The van der Waals surface area contributed by atoms with Crippen LogP contribution in [0.25, 0.3) is 0 Å². The van der Waals surface area contributed by atoms with Crippen LogP contribution < -0.4 is 10.5 Å². The van der Waals surface area contributed by atoms with Gasteiger partial charge in [-0.2, -0.15) is 0 Å². The van der Waals surface area contributed by atoms with E-state index in [4.69, 9.17) is 19.8 Å². The Kier molecular flexibility index (Phi) is 4.96. The summed E-state index contributed by atoms with van der Waals surface area (Å²) in [6.45, 7) is 7.57. The first-order chi connectivity index (χ1) is 14.4. The molecule has 2 bridgehead atoms. The second-order valence-corrected chi connectivity index (χ2v) is 10.1. The van der Waals surface area contributed by atoms with Crippen LogP contribution in [-0.2, 0) is 22.3 Å². The van der Waals surface area contributed by atoms with Crippen LogP contribution in [0.4, 0.5) is 0 Å². The van der Waals surface area contributed by atoms with Gasteiger partial charge in [0, 0.05) is 5.94 Å². The molecule has 3 aliphatic carbocycles. The van der Waals surface area contributed by atoms with E-state index in [0.29, 0.717) is 17.9 Å². The van der Waals surface area contributed by atoms with Crippen LogP contribution in [0.2, 0.25) is 0 Å². The molecule has 5 atom stereocenters. The maximum absolute atomic E-state index is 6.54. The number of benzene rings is 2. The summed E-state index contributed by atoms with van der Waals surface area (Å²) in [6, 6.07) is 18.4. The quantitative estimate of drug-likeness (QED) is 0.724. The fraction of sp³-hybridized carbons (Fsp3) is 0.520. The van der Waals surface area contributed by atoms with E-state index in [9.17, 15) is 0 Å². The Morgan fingerprint density at radius 1 is 1.03 bits per heavy atom. The molecule has 3 saturated carbocycles. The molecule has 1 saturated heterocycles. The SMILES string of the molecule is CC1(C)[C@@H]2C[C@H]3OB([C@@H](N)Cc4ccc(OCc5ccccc5)cc4)O[C@@]3(C)[C@H]1C2. The van der Waals surface area contributed by atoms with Crippen molar-refractivity contribution in [2.24, 2.45) is 23.0 Å². The van der Waals surface area contributed by atoms with Crippen LogP contribution in [0.1, 0.15) is 44.7 Å². The Labute approximate surface area is 180 Å². The molecular weight excluding hydrogens is 373 g/mol. The predicted octanol–water partition coefficient (Wildman–Crippen LogP) is 4.40. The van der Waals surface area contributed by atoms with E-state index in [2.05, 4.69) is 45.0 Å². The summed E-state index contributed by atoms with van der Waals surface area (Å²) in [5, 5.41) is 0. The van der Waals surface area contributed by atoms with Crippen molar-refractivity contribution in [3.05, 3.63) is 65.7 Å². The molecule has 0 aromatic heterocycles. The van der Waals surface area contributed by atoms with Gasteiger partial charge in [0.15, 0.2) is 0 Å². The van der Waals surface area contributed by atoms with Gasteiger partial charge < -0.3 is 19.8 Å². The molecule has 4 aliphatic rings. The molecule has 0 spiro atoms. The summed E-state index contributed by atoms with van der Waals surface area (Å²) in [5.41, 5.74) is 9.03. The van der Waals surface area contributed by atoms with Crippen molar-refractivity contribution in [1.82, 2.24) is 0 Å². The molecule has 0 radical (unpaired) electrons. The highest BCUT2D eigenvalue weighted by atomic mass is 16.7. The van der Waals surface area contributed by atoms with Gasteiger partial charge in [0.1, 0.15) is 12.4 Å². The average molecular weight is 405 g/mol. The minimum absolute atomic E-state index is 0.177. The lowest BCUT2D eigenvalue weighted by Gasteiger charge is -2.64. The van der Waals surface area contributed by atoms with Gasteiger partial charge in [-0.3, -0.25) is 0 Å². The van der Waals surface area contributed by atoms with Crippen LogP contribution in [-0.4, -0.2) is 24.8 Å². The number of ether oxygens (including phenoxy) is 1. The van der Waals surface area contributed by atoms with Crippen molar-refractivity contribution in [3.8, 4) is 5.75 Å². The van der Waals surface area contributed by atoms with Gasteiger partial charge in [0.2, 0.25) is 0 Å². The molecule has 4 fully saturated rings. The maximum atomic E-state index is 6.54. The fourth-order valence-electron chi connectivity index (χ4n) is 5.91. The van der Waals surface area contributed by atoms with E-state index in [1.54, 1.807) is 0 Å². The smallest absolute Gasteiger partial charge is 0.475 e. The summed E-state index contributed by atoms with van der Waals surface area (Å²) >= 11 is 0. The largest absolute Gasteiger partial charge is 0.489 e. The number of hydrogen-bond donors (Lipinski definition) is 1. The van der Waals surface area contributed by atoms with Crippen molar-refractivity contribution in [2.75, 3.05) is 0 Å². The molecule has 6 rings (SSSR count). The van der Waals surface area contributed by atoms with E-state index in [1.165, 1.54) is 12.0 Å². The zero-order valence-corrected chi connectivity index (χ0v) is 18.2. The van der Waals surface area contributed by atoms with Crippen molar-refractivity contribution in [2.45, 2.75) is 64.3 Å². The molecule has 4 nitrogen and oxygen atoms in total. The third-order valence-corrected chi connectivity index (χ3v) is 7.96. The van der Waals surface area contributed by atoms with Crippen LogP contribution in [0.5, 0.6) is 5.75 Å². The molecule has 2 aromatic rings. The highest BCUT2D eigenvalue weighted by Gasteiger charge is 2.68. The minimum Gasteiger partial charge on any atom is -0.489 e. The van der Waals surface area contributed by atoms with E-state index >= 15 is 0 Å². The lowest BCUT2D eigenvalue weighted by Crippen LogP contribution is -2.65. The Balaban J connectivity index is 1.18. The molecule has 1 heterocycles. The zero-order valence-electron chi connectivity index (χ0n) is 18.2. The average Bonchev–Trinajstić information content (AvgIpc) is 3.11. The zero-order chi connectivity index (χ0) is 20.9. The topological polar surface area (TPSA) is 53.7 Å². The van der Waals surface area contributed by atoms with Gasteiger partial charge >= 0.3 is 7.12 Å². The Bertz CT molecular complexity index is 887. The first-order valence-corrected chi connectivity index (χ1v) is 11.2. The first kappa shape index (κ1) is 20.1. The molecule has 0 unspecified atom stereocenters. The summed E-state index contributed by atoms with van der Waals surface area (Å²) in [5.74, 6) is 2.00.